The molecule has 1 aromatic rings. The lowest BCUT2D eigenvalue weighted by Gasteiger charge is -2.21. The van der Waals surface area contributed by atoms with Crippen LogP contribution in [0.3, 0.4) is 0 Å². The summed E-state index contributed by atoms with van der Waals surface area (Å²) in [6.45, 7) is 10.5. The van der Waals surface area contributed by atoms with Crippen LogP contribution in [0.25, 0.3) is 0 Å². The Morgan fingerprint density at radius 1 is 1.38 bits per heavy atom. The molecule has 0 aliphatic carbocycles. The molecule has 1 heterocycles. The van der Waals surface area contributed by atoms with Crippen molar-refractivity contribution >= 4 is 11.3 Å². The quantitative estimate of drug-likeness (QED) is 0.880. The van der Waals surface area contributed by atoms with Crippen LogP contribution >= 0.6 is 11.3 Å². The summed E-state index contributed by atoms with van der Waals surface area (Å²) in [6, 6.07) is 0. The van der Waals surface area contributed by atoms with E-state index in [1.165, 1.54) is 4.88 Å². The molecule has 0 aromatic carbocycles. The molecule has 0 aliphatic heterocycles. The molecular formula is C12H21FN2S. The number of thiazole rings is 1. The van der Waals surface area contributed by atoms with Gasteiger partial charge in [-0.25, -0.2) is 9.37 Å². The van der Waals surface area contributed by atoms with Crippen molar-refractivity contribution in [1.82, 2.24) is 10.3 Å². The van der Waals surface area contributed by atoms with Crippen LogP contribution in [0.15, 0.2) is 0 Å². The second kappa shape index (κ2) is 5.23. The smallest absolute Gasteiger partial charge is 0.119 e. The number of nitrogens with zero attached hydrogens (tertiary/aromatic N) is 1. The number of rotatable bonds is 4. The lowest BCUT2D eigenvalue weighted by Crippen LogP contribution is -2.40. The molecule has 0 bridgehead atoms. The van der Waals surface area contributed by atoms with Gasteiger partial charge >= 0.3 is 0 Å². The van der Waals surface area contributed by atoms with Gasteiger partial charge in [-0.15, -0.1) is 11.3 Å². The molecule has 0 saturated carbocycles. The van der Waals surface area contributed by atoms with Gasteiger partial charge in [0.2, 0.25) is 0 Å². The van der Waals surface area contributed by atoms with Gasteiger partial charge in [-0.1, -0.05) is 0 Å². The fourth-order valence-electron chi connectivity index (χ4n) is 1.31. The molecule has 2 nitrogen and oxygen atoms in total. The van der Waals surface area contributed by atoms with E-state index in [-0.39, 0.29) is 5.54 Å². The Balaban J connectivity index is 2.42. The Kier molecular flexibility index (Phi) is 4.44. The molecule has 16 heavy (non-hydrogen) atoms. The fourth-order valence-corrected chi connectivity index (χ4v) is 2.30. The largest absolute Gasteiger partial charge is 0.309 e. The number of nitrogens with one attached hydrogen (secondary N) is 1. The van der Waals surface area contributed by atoms with Gasteiger partial charge in [-0.2, -0.15) is 0 Å². The van der Waals surface area contributed by atoms with E-state index in [9.17, 15) is 4.39 Å². The molecule has 0 aliphatic rings. The molecule has 92 valence electrons. The van der Waals surface area contributed by atoms with Crippen molar-refractivity contribution < 1.29 is 4.39 Å². The molecule has 1 unspecified atom stereocenters. The molecular weight excluding hydrogens is 223 g/mol. The molecule has 1 N–H and O–H groups in total. The molecule has 0 amide bonds. The minimum absolute atomic E-state index is 0.0287. The van der Waals surface area contributed by atoms with Crippen LogP contribution < -0.4 is 5.32 Å². The van der Waals surface area contributed by atoms with Crippen molar-refractivity contribution in [2.24, 2.45) is 0 Å². The zero-order valence-electron chi connectivity index (χ0n) is 10.7. The summed E-state index contributed by atoms with van der Waals surface area (Å²) in [4.78, 5) is 5.53. The maximum Gasteiger partial charge on any atom is 0.119 e. The first-order valence-corrected chi connectivity index (χ1v) is 6.41. The van der Waals surface area contributed by atoms with Gasteiger partial charge in [0.25, 0.3) is 0 Å². The molecule has 0 radical (unpaired) electrons. The number of aromatic nitrogens is 1. The Bertz CT molecular complexity index is 322. The van der Waals surface area contributed by atoms with E-state index < -0.39 is 6.17 Å². The van der Waals surface area contributed by atoms with E-state index in [1.807, 2.05) is 34.6 Å². The van der Waals surface area contributed by atoms with E-state index in [1.54, 1.807) is 11.3 Å². The minimum Gasteiger partial charge on any atom is -0.309 e. The van der Waals surface area contributed by atoms with Crippen LogP contribution in [0, 0.1) is 13.8 Å². The third-order valence-electron chi connectivity index (χ3n) is 2.32. The second-order valence-corrected chi connectivity index (χ2v) is 6.47. The summed E-state index contributed by atoms with van der Waals surface area (Å²) in [5, 5.41) is 4.07. The average Bonchev–Trinajstić information content (AvgIpc) is 2.41. The Hall–Kier alpha value is -0.480. The lowest BCUT2D eigenvalue weighted by molar-refractivity contribution is 0.284. The summed E-state index contributed by atoms with van der Waals surface area (Å²) >= 11 is 1.60. The second-order valence-electron chi connectivity index (χ2n) is 5.18. The first kappa shape index (κ1) is 13.6. The molecule has 1 aromatic heterocycles. The van der Waals surface area contributed by atoms with Crippen molar-refractivity contribution in [1.29, 1.82) is 0 Å². The SMILES string of the molecule is Cc1nc(CC(F)CNC(C)(C)C)sc1C. The highest BCUT2D eigenvalue weighted by molar-refractivity contribution is 7.11. The van der Waals surface area contributed by atoms with Crippen LogP contribution in [0.4, 0.5) is 4.39 Å². The number of aryl methyl sites for hydroxylation is 2. The maximum absolute atomic E-state index is 13.7. The van der Waals surface area contributed by atoms with Crippen molar-refractivity contribution in [3.63, 3.8) is 0 Å². The molecule has 0 spiro atoms. The summed E-state index contributed by atoms with van der Waals surface area (Å²) in [7, 11) is 0. The fraction of sp³-hybridized carbons (Fsp3) is 0.750. The van der Waals surface area contributed by atoms with E-state index in [0.29, 0.717) is 13.0 Å². The highest BCUT2D eigenvalue weighted by Crippen LogP contribution is 2.18. The van der Waals surface area contributed by atoms with E-state index in [2.05, 4.69) is 10.3 Å². The first-order chi connectivity index (χ1) is 7.28. The van der Waals surface area contributed by atoms with Crippen LogP contribution in [0.5, 0.6) is 0 Å². The Morgan fingerprint density at radius 2 is 2.00 bits per heavy atom. The van der Waals surface area contributed by atoms with Crippen LogP contribution in [-0.4, -0.2) is 23.2 Å². The van der Waals surface area contributed by atoms with Crippen molar-refractivity contribution in [2.45, 2.75) is 52.8 Å². The van der Waals surface area contributed by atoms with E-state index in [0.717, 1.165) is 10.7 Å². The number of halogens is 1. The van der Waals surface area contributed by atoms with Crippen LogP contribution in [0.2, 0.25) is 0 Å². The summed E-state index contributed by atoms with van der Waals surface area (Å²) in [5.74, 6) is 0. The lowest BCUT2D eigenvalue weighted by atomic mass is 10.1. The summed E-state index contributed by atoms with van der Waals surface area (Å²) in [6.07, 6.45) is -0.438. The van der Waals surface area contributed by atoms with Gasteiger partial charge in [0.05, 0.1) is 10.7 Å². The van der Waals surface area contributed by atoms with Crippen LogP contribution in [0.1, 0.15) is 36.3 Å². The molecule has 0 saturated heterocycles. The van der Waals surface area contributed by atoms with E-state index >= 15 is 0 Å². The predicted molar refractivity (Wildman–Crippen MR) is 67.9 cm³/mol. The van der Waals surface area contributed by atoms with E-state index in [4.69, 9.17) is 0 Å². The third-order valence-corrected chi connectivity index (χ3v) is 3.42. The standard InChI is InChI=1S/C12H21FN2S/c1-8-9(2)16-11(15-8)6-10(13)7-14-12(3,4)5/h10,14H,6-7H2,1-5H3. The van der Waals surface area contributed by atoms with Crippen molar-refractivity contribution in [3.8, 4) is 0 Å². The van der Waals surface area contributed by atoms with Crippen molar-refractivity contribution in [2.75, 3.05) is 6.54 Å². The third kappa shape index (κ3) is 4.58. The topological polar surface area (TPSA) is 24.9 Å². The zero-order valence-corrected chi connectivity index (χ0v) is 11.5. The monoisotopic (exact) mass is 244 g/mol. The maximum atomic E-state index is 13.7. The Labute approximate surface area is 101 Å². The molecule has 0 fully saturated rings. The normalized spacial score (nSPS) is 14.1. The summed E-state index contributed by atoms with van der Waals surface area (Å²) < 4.78 is 13.7. The van der Waals surface area contributed by atoms with Gasteiger partial charge in [-0.05, 0) is 34.6 Å². The van der Waals surface area contributed by atoms with Gasteiger partial charge in [0.1, 0.15) is 6.17 Å². The highest BCUT2D eigenvalue weighted by atomic mass is 32.1. The van der Waals surface area contributed by atoms with Gasteiger partial charge < -0.3 is 5.32 Å². The number of hydrogen-bond donors (Lipinski definition) is 1. The number of alkyl halides is 1. The van der Waals surface area contributed by atoms with Gasteiger partial charge in [0.15, 0.2) is 0 Å². The van der Waals surface area contributed by atoms with Crippen molar-refractivity contribution in [3.05, 3.63) is 15.6 Å². The van der Waals surface area contributed by atoms with Gasteiger partial charge in [-0.3, -0.25) is 0 Å². The molecule has 4 heteroatoms. The first-order valence-electron chi connectivity index (χ1n) is 5.60. The minimum atomic E-state index is -0.857. The predicted octanol–water partition coefficient (Wildman–Crippen LogP) is 3.03. The summed E-state index contributed by atoms with van der Waals surface area (Å²) in [5.41, 5.74) is 0.995. The Morgan fingerprint density at radius 3 is 2.44 bits per heavy atom. The average molecular weight is 244 g/mol. The highest BCUT2D eigenvalue weighted by Gasteiger charge is 2.15. The molecule has 1 atom stereocenters. The van der Waals surface area contributed by atoms with Crippen LogP contribution in [-0.2, 0) is 6.42 Å². The molecule has 1 rings (SSSR count). The van der Waals surface area contributed by atoms with Gasteiger partial charge in [0, 0.05) is 23.4 Å². The zero-order chi connectivity index (χ0) is 12.3. The number of hydrogen-bond acceptors (Lipinski definition) is 3.